The predicted molar refractivity (Wildman–Crippen MR) is 95.6 cm³/mol. The van der Waals surface area contributed by atoms with Crippen LogP contribution in [0, 0.1) is 10.1 Å². The molecule has 1 rings (SSSR count). The molecule has 1 aromatic rings. The molecule has 6 heteroatoms. The maximum atomic E-state index is 11.0. The fourth-order valence-electron chi connectivity index (χ4n) is 2.21. The minimum Gasteiger partial charge on any atom is -0.480 e. The van der Waals surface area contributed by atoms with Gasteiger partial charge in [0.15, 0.2) is 5.75 Å². The van der Waals surface area contributed by atoms with Crippen LogP contribution in [0.4, 0.5) is 5.69 Å². The second-order valence-corrected chi connectivity index (χ2v) is 5.86. The number of rotatable bonds is 13. The van der Waals surface area contributed by atoms with Crippen LogP contribution in [0.3, 0.4) is 0 Å². The van der Waals surface area contributed by atoms with E-state index >= 15 is 0 Å². The second kappa shape index (κ2) is 12.2. The molecule has 0 heterocycles. The van der Waals surface area contributed by atoms with E-state index in [1.165, 1.54) is 38.2 Å². The molecular formula is C17H27NO4S. The molecular weight excluding hydrogens is 314 g/mol. The number of nitro groups is 1. The van der Waals surface area contributed by atoms with Crippen molar-refractivity contribution in [1.82, 2.24) is 0 Å². The Hall–Kier alpha value is -1.27. The van der Waals surface area contributed by atoms with Gasteiger partial charge in [-0.3, -0.25) is 10.1 Å². The Balaban J connectivity index is 2.28. The van der Waals surface area contributed by atoms with Crippen molar-refractivity contribution in [3.05, 3.63) is 34.4 Å². The number of hydrogen-bond donors (Lipinski definition) is 1. The minimum absolute atomic E-state index is 0.0322. The van der Waals surface area contributed by atoms with Crippen LogP contribution < -0.4 is 4.74 Å². The van der Waals surface area contributed by atoms with Crippen LogP contribution in [0.2, 0.25) is 0 Å². The van der Waals surface area contributed by atoms with Gasteiger partial charge >= 0.3 is 5.69 Å². The van der Waals surface area contributed by atoms with Gasteiger partial charge in [0.1, 0.15) is 6.10 Å². The number of benzene rings is 1. The summed E-state index contributed by atoms with van der Waals surface area (Å²) in [7, 11) is 0. The molecule has 0 spiro atoms. The summed E-state index contributed by atoms with van der Waals surface area (Å²) in [4.78, 5) is 10.5. The van der Waals surface area contributed by atoms with E-state index < -0.39 is 4.92 Å². The zero-order valence-electron chi connectivity index (χ0n) is 13.8. The molecule has 0 amide bonds. The number of para-hydroxylation sites is 2. The highest BCUT2D eigenvalue weighted by Gasteiger charge is 2.17. The van der Waals surface area contributed by atoms with Gasteiger partial charge in [-0.25, -0.2) is 0 Å². The lowest BCUT2D eigenvalue weighted by Gasteiger charge is -2.17. The quantitative estimate of drug-likeness (QED) is 0.245. The molecule has 1 atom stereocenters. The summed E-state index contributed by atoms with van der Waals surface area (Å²) < 4.78 is 11.3. The maximum Gasteiger partial charge on any atom is 0.310 e. The van der Waals surface area contributed by atoms with E-state index in [9.17, 15) is 10.1 Å². The van der Waals surface area contributed by atoms with Crippen molar-refractivity contribution in [3.8, 4) is 5.75 Å². The number of ether oxygens (including phenoxy) is 2. The summed E-state index contributed by atoms with van der Waals surface area (Å²) in [5, 5.41) is 11.0. The smallest absolute Gasteiger partial charge is 0.310 e. The lowest BCUT2D eigenvalue weighted by Crippen LogP contribution is -2.25. The van der Waals surface area contributed by atoms with Gasteiger partial charge in [0.05, 0.1) is 11.5 Å². The van der Waals surface area contributed by atoms with E-state index in [4.69, 9.17) is 9.47 Å². The Kier molecular flexibility index (Phi) is 10.5. The highest BCUT2D eigenvalue weighted by molar-refractivity contribution is 7.80. The Morgan fingerprint density at radius 1 is 1.17 bits per heavy atom. The Labute approximate surface area is 143 Å². The maximum absolute atomic E-state index is 11.0. The lowest BCUT2D eigenvalue weighted by atomic mass is 10.1. The Morgan fingerprint density at radius 3 is 2.57 bits per heavy atom. The van der Waals surface area contributed by atoms with Crippen molar-refractivity contribution in [2.45, 2.75) is 51.6 Å². The number of thiol groups is 1. The first-order chi connectivity index (χ1) is 11.2. The molecule has 0 bridgehead atoms. The SMILES string of the molecule is CCCCCCCCOCC(CS)Oc1ccccc1[N+](=O)[O-]. The molecule has 0 aliphatic carbocycles. The van der Waals surface area contributed by atoms with Gasteiger partial charge in [-0.05, 0) is 12.5 Å². The highest BCUT2D eigenvalue weighted by Crippen LogP contribution is 2.27. The summed E-state index contributed by atoms with van der Waals surface area (Å²) in [6.45, 7) is 3.29. The number of nitrogens with zero attached hydrogens (tertiary/aromatic N) is 1. The van der Waals surface area contributed by atoms with Gasteiger partial charge in [-0.1, -0.05) is 51.2 Å². The van der Waals surface area contributed by atoms with Gasteiger partial charge in [-0.15, -0.1) is 0 Å². The van der Waals surface area contributed by atoms with E-state index in [1.807, 2.05) is 0 Å². The zero-order chi connectivity index (χ0) is 16.9. The molecule has 0 N–H and O–H groups in total. The molecule has 0 aromatic heterocycles. The number of hydrogen-bond acceptors (Lipinski definition) is 5. The van der Waals surface area contributed by atoms with Crippen molar-refractivity contribution < 1.29 is 14.4 Å². The van der Waals surface area contributed by atoms with Crippen LogP contribution in [0.15, 0.2) is 24.3 Å². The van der Waals surface area contributed by atoms with Crippen molar-refractivity contribution in [1.29, 1.82) is 0 Å². The predicted octanol–water partition coefficient (Wildman–Crippen LogP) is 4.65. The van der Waals surface area contributed by atoms with Crippen molar-refractivity contribution >= 4 is 18.3 Å². The average molecular weight is 341 g/mol. The third kappa shape index (κ3) is 8.23. The van der Waals surface area contributed by atoms with Crippen molar-refractivity contribution in [2.24, 2.45) is 0 Å². The normalized spacial score (nSPS) is 12.1. The van der Waals surface area contributed by atoms with Gasteiger partial charge in [0, 0.05) is 18.4 Å². The highest BCUT2D eigenvalue weighted by atomic mass is 32.1. The topological polar surface area (TPSA) is 61.6 Å². The van der Waals surface area contributed by atoms with Crippen molar-refractivity contribution in [3.63, 3.8) is 0 Å². The third-order valence-corrected chi connectivity index (χ3v) is 3.91. The number of nitro benzene ring substituents is 1. The van der Waals surface area contributed by atoms with E-state index in [0.717, 1.165) is 6.42 Å². The molecule has 0 aliphatic heterocycles. The monoisotopic (exact) mass is 341 g/mol. The molecule has 0 aliphatic rings. The first kappa shape index (κ1) is 19.8. The van der Waals surface area contributed by atoms with Gasteiger partial charge in [0.2, 0.25) is 0 Å². The fourth-order valence-corrected chi connectivity index (χ4v) is 2.39. The standard InChI is InChI=1S/C17H27NO4S/c1-2-3-4-5-6-9-12-21-13-15(14-23)22-17-11-8-7-10-16(17)18(19)20/h7-8,10-11,15,23H,2-6,9,12-14H2,1H3. The summed E-state index contributed by atoms with van der Waals surface area (Å²) >= 11 is 4.24. The van der Waals surface area contributed by atoms with E-state index in [-0.39, 0.29) is 17.5 Å². The molecule has 23 heavy (non-hydrogen) atoms. The van der Waals surface area contributed by atoms with Crippen LogP contribution in [-0.4, -0.2) is 30.0 Å². The summed E-state index contributed by atoms with van der Waals surface area (Å²) in [5.74, 6) is 0.711. The largest absolute Gasteiger partial charge is 0.480 e. The molecule has 5 nitrogen and oxygen atoms in total. The van der Waals surface area contributed by atoms with E-state index in [1.54, 1.807) is 18.2 Å². The van der Waals surface area contributed by atoms with Gasteiger partial charge in [0.25, 0.3) is 0 Å². The molecule has 0 saturated carbocycles. The van der Waals surface area contributed by atoms with E-state index in [0.29, 0.717) is 19.0 Å². The average Bonchev–Trinajstić information content (AvgIpc) is 2.56. The van der Waals surface area contributed by atoms with Gasteiger partial charge < -0.3 is 9.47 Å². The first-order valence-corrected chi connectivity index (χ1v) is 8.91. The second-order valence-electron chi connectivity index (χ2n) is 5.49. The third-order valence-electron chi connectivity index (χ3n) is 3.51. The Morgan fingerprint density at radius 2 is 1.87 bits per heavy atom. The number of unbranched alkanes of at least 4 members (excludes halogenated alkanes) is 5. The van der Waals surface area contributed by atoms with Crippen LogP contribution in [-0.2, 0) is 4.74 Å². The minimum atomic E-state index is -0.442. The molecule has 0 saturated heterocycles. The first-order valence-electron chi connectivity index (χ1n) is 8.27. The summed E-state index contributed by atoms with van der Waals surface area (Å²) in [6.07, 6.45) is 7.01. The molecule has 1 unspecified atom stereocenters. The Bertz CT molecular complexity index is 456. The zero-order valence-corrected chi connectivity index (χ0v) is 14.7. The molecule has 130 valence electrons. The lowest BCUT2D eigenvalue weighted by molar-refractivity contribution is -0.386. The van der Waals surface area contributed by atoms with Crippen LogP contribution in [0.25, 0.3) is 0 Å². The van der Waals surface area contributed by atoms with Crippen LogP contribution in [0.5, 0.6) is 5.75 Å². The van der Waals surface area contributed by atoms with Crippen LogP contribution >= 0.6 is 12.6 Å². The summed E-state index contributed by atoms with van der Waals surface area (Å²) in [6, 6.07) is 6.37. The molecule has 1 aromatic carbocycles. The van der Waals surface area contributed by atoms with E-state index in [2.05, 4.69) is 19.6 Å². The van der Waals surface area contributed by atoms with Crippen molar-refractivity contribution in [2.75, 3.05) is 19.0 Å². The molecule has 0 fully saturated rings. The van der Waals surface area contributed by atoms with Gasteiger partial charge in [-0.2, -0.15) is 12.6 Å². The summed E-state index contributed by atoms with van der Waals surface area (Å²) in [5.41, 5.74) is -0.0322. The molecule has 0 radical (unpaired) electrons. The fraction of sp³-hybridized carbons (Fsp3) is 0.647. The van der Waals surface area contributed by atoms with Crippen LogP contribution in [0.1, 0.15) is 45.4 Å².